The monoisotopic (exact) mass is 253 g/mol. The molecule has 1 atom stereocenters. The fourth-order valence-corrected chi connectivity index (χ4v) is 2.83. The zero-order valence-electron chi connectivity index (χ0n) is 11.2. The lowest BCUT2D eigenvalue weighted by Gasteiger charge is -2.34. The molecule has 1 aliphatic rings. The summed E-state index contributed by atoms with van der Waals surface area (Å²) in [6.45, 7) is 4.27. The lowest BCUT2D eigenvalue weighted by atomic mass is 9.96. The molecule has 0 saturated carbocycles. The largest absolute Gasteiger partial charge is 0.398 e. The number of benzene rings is 1. The van der Waals surface area contributed by atoms with Crippen LogP contribution < -0.4 is 5.73 Å². The highest BCUT2D eigenvalue weighted by Gasteiger charge is 2.22. The van der Waals surface area contributed by atoms with Crippen molar-refractivity contribution in [2.24, 2.45) is 0 Å². The first-order chi connectivity index (χ1) is 9.25. The normalized spacial score (nSPS) is 16.9. The van der Waals surface area contributed by atoms with Crippen LogP contribution in [-0.2, 0) is 13.0 Å². The van der Waals surface area contributed by atoms with Crippen molar-refractivity contribution in [2.45, 2.75) is 25.9 Å². The summed E-state index contributed by atoms with van der Waals surface area (Å²) in [6.07, 6.45) is 4.81. The Balaban J connectivity index is 1.83. The molecule has 0 amide bonds. The second-order valence-electron chi connectivity index (χ2n) is 5.17. The Hall–Kier alpha value is -1.87. The van der Waals surface area contributed by atoms with Crippen LogP contribution in [0.25, 0.3) is 0 Å². The minimum atomic E-state index is 0.392. The third kappa shape index (κ3) is 2.34. The van der Waals surface area contributed by atoms with Gasteiger partial charge < -0.3 is 5.73 Å². The number of fused-ring (bicyclic) bond motifs is 1. The Morgan fingerprint density at radius 2 is 2.16 bits per heavy atom. The Labute approximate surface area is 114 Å². The van der Waals surface area contributed by atoms with Gasteiger partial charge in [-0.2, -0.15) is 0 Å². The molecule has 0 spiro atoms. The zero-order valence-corrected chi connectivity index (χ0v) is 11.2. The Morgan fingerprint density at radius 3 is 2.95 bits per heavy atom. The molecule has 0 aliphatic carbocycles. The molecule has 0 fully saturated rings. The highest BCUT2D eigenvalue weighted by molar-refractivity contribution is 5.51. The number of rotatable bonds is 2. The standard InChI is InChI=1S/C16H19N3/c1-12(13-5-3-8-18-10-13)19-9-7-15-14(11-19)4-2-6-16(15)17/h2-6,8,10,12H,7,9,11,17H2,1H3. The van der Waals surface area contributed by atoms with Crippen LogP contribution in [0.4, 0.5) is 5.69 Å². The minimum absolute atomic E-state index is 0.392. The molecule has 2 N–H and O–H groups in total. The molecule has 3 heteroatoms. The van der Waals surface area contributed by atoms with Gasteiger partial charge in [-0.05, 0) is 42.2 Å². The van der Waals surface area contributed by atoms with Gasteiger partial charge in [0.2, 0.25) is 0 Å². The third-order valence-corrected chi connectivity index (χ3v) is 4.05. The lowest BCUT2D eigenvalue weighted by Crippen LogP contribution is -2.33. The quantitative estimate of drug-likeness (QED) is 0.837. The maximum Gasteiger partial charge on any atom is 0.0350 e. The van der Waals surface area contributed by atoms with E-state index in [2.05, 4.69) is 28.9 Å². The maximum atomic E-state index is 6.05. The summed E-state index contributed by atoms with van der Waals surface area (Å²) in [5, 5.41) is 0. The number of nitrogens with zero attached hydrogens (tertiary/aromatic N) is 2. The fourth-order valence-electron chi connectivity index (χ4n) is 2.83. The average Bonchev–Trinajstić information content (AvgIpc) is 2.47. The number of pyridine rings is 1. The van der Waals surface area contributed by atoms with E-state index in [9.17, 15) is 0 Å². The molecule has 0 saturated heterocycles. The Morgan fingerprint density at radius 1 is 1.26 bits per heavy atom. The van der Waals surface area contributed by atoms with Crippen LogP contribution in [0.5, 0.6) is 0 Å². The van der Waals surface area contributed by atoms with Gasteiger partial charge >= 0.3 is 0 Å². The van der Waals surface area contributed by atoms with Crippen molar-refractivity contribution < 1.29 is 0 Å². The molecule has 2 aromatic rings. The predicted octanol–water partition coefficient (Wildman–Crippen LogP) is 2.78. The van der Waals surface area contributed by atoms with Crippen LogP contribution in [0.2, 0.25) is 0 Å². The Kier molecular flexibility index (Phi) is 3.22. The first-order valence-corrected chi connectivity index (χ1v) is 6.76. The van der Waals surface area contributed by atoms with E-state index in [1.54, 1.807) is 0 Å². The lowest BCUT2D eigenvalue weighted by molar-refractivity contribution is 0.192. The SMILES string of the molecule is CC(c1cccnc1)N1CCc2c(N)cccc2C1. The highest BCUT2D eigenvalue weighted by Crippen LogP contribution is 2.29. The third-order valence-electron chi connectivity index (χ3n) is 4.05. The summed E-state index contributed by atoms with van der Waals surface area (Å²) in [6, 6.07) is 10.8. The zero-order chi connectivity index (χ0) is 13.2. The number of hydrogen-bond acceptors (Lipinski definition) is 3. The summed E-state index contributed by atoms with van der Waals surface area (Å²) < 4.78 is 0. The van der Waals surface area contributed by atoms with Crippen LogP contribution in [0.1, 0.15) is 29.7 Å². The van der Waals surface area contributed by atoms with Gasteiger partial charge in [-0.1, -0.05) is 18.2 Å². The molecule has 0 bridgehead atoms. The minimum Gasteiger partial charge on any atom is -0.398 e. The van der Waals surface area contributed by atoms with Crippen LogP contribution in [-0.4, -0.2) is 16.4 Å². The van der Waals surface area contributed by atoms with E-state index in [1.807, 2.05) is 30.6 Å². The number of aromatic nitrogens is 1. The van der Waals surface area contributed by atoms with Crippen molar-refractivity contribution in [2.75, 3.05) is 12.3 Å². The van der Waals surface area contributed by atoms with Gasteiger partial charge in [0.05, 0.1) is 0 Å². The molecule has 98 valence electrons. The van der Waals surface area contributed by atoms with Crippen molar-refractivity contribution in [1.82, 2.24) is 9.88 Å². The summed E-state index contributed by atoms with van der Waals surface area (Å²) in [4.78, 5) is 6.70. The van der Waals surface area contributed by atoms with E-state index in [-0.39, 0.29) is 0 Å². The highest BCUT2D eigenvalue weighted by atomic mass is 15.2. The molecule has 3 nitrogen and oxygen atoms in total. The van der Waals surface area contributed by atoms with Gasteiger partial charge in [0, 0.05) is 37.2 Å². The molecule has 19 heavy (non-hydrogen) atoms. The van der Waals surface area contributed by atoms with Gasteiger partial charge in [0.15, 0.2) is 0 Å². The second kappa shape index (κ2) is 5.02. The molecule has 1 aliphatic heterocycles. The van der Waals surface area contributed by atoms with Gasteiger partial charge in [-0.25, -0.2) is 0 Å². The molecule has 3 rings (SSSR count). The van der Waals surface area contributed by atoms with Gasteiger partial charge in [0.1, 0.15) is 0 Å². The maximum absolute atomic E-state index is 6.05. The van der Waals surface area contributed by atoms with Crippen LogP contribution in [0.3, 0.4) is 0 Å². The number of nitrogens with two attached hydrogens (primary N) is 1. The van der Waals surface area contributed by atoms with E-state index in [0.717, 1.165) is 25.2 Å². The van der Waals surface area contributed by atoms with E-state index < -0.39 is 0 Å². The summed E-state index contributed by atoms with van der Waals surface area (Å²) in [5.41, 5.74) is 10.9. The summed E-state index contributed by atoms with van der Waals surface area (Å²) in [5.74, 6) is 0. The van der Waals surface area contributed by atoms with Crippen LogP contribution >= 0.6 is 0 Å². The summed E-state index contributed by atoms with van der Waals surface area (Å²) >= 11 is 0. The van der Waals surface area contributed by atoms with E-state index >= 15 is 0 Å². The van der Waals surface area contributed by atoms with Crippen molar-refractivity contribution in [3.63, 3.8) is 0 Å². The fraction of sp³-hybridized carbons (Fsp3) is 0.312. The van der Waals surface area contributed by atoms with E-state index in [0.29, 0.717) is 6.04 Å². The Bertz CT molecular complexity index is 565. The second-order valence-corrected chi connectivity index (χ2v) is 5.17. The van der Waals surface area contributed by atoms with Crippen molar-refractivity contribution in [3.8, 4) is 0 Å². The predicted molar refractivity (Wildman–Crippen MR) is 77.6 cm³/mol. The van der Waals surface area contributed by atoms with Crippen molar-refractivity contribution in [1.29, 1.82) is 0 Å². The topological polar surface area (TPSA) is 42.2 Å². The summed E-state index contributed by atoms with van der Waals surface area (Å²) in [7, 11) is 0. The average molecular weight is 253 g/mol. The van der Waals surface area contributed by atoms with Gasteiger partial charge in [0.25, 0.3) is 0 Å². The molecule has 1 aromatic heterocycles. The smallest absolute Gasteiger partial charge is 0.0350 e. The number of anilines is 1. The van der Waals surface area contributed by atoms with Gasteiger partial charge in [-0.3, -0.25) is 9.88 Å². The van der Waals surface area contributed by atoms with Crippen LogP contribution in [0.15, 0.2) is 42.7 Å². The first-order valence-electron chi connectivity index (χ1n) is 6.76. The van der Waals surface area contributed by atoms with Gasteiger partial charge in [-0.15, -0.1) is 0 Å². The van der Waals surface area contributed by atoms with Crippen LogP contribution in [0, 0.1) is 0 Å². The molecular formula is C16H19N3. The number of nitrogen functional groups attached to an aromatic ring is 1. The van der Waals surface area contributed by atoms with E-state index in [4.69, 9.17) is 5.73 Å². The molecular weight excluding hydrogens is 234 g/mol. The number of hydrogen-bond donors (Lipinski definition) is 1. The molecule has 1 aromatic carbocycles. The first kappa shape index (κ1) is 12.2. The van der Waals surface area contributed by atoms with Crippen molar-refractivity contribution in [3.05, 3.63) is 59.4 Å². The molecule has 0 radical (unpaired) electrons. The molecule has 1 unspecified atom stereocenters. The van der Waals surface area contributed by atoms with E-state index in [1.165, 1.54) is 16.7 Å². The van der Waals surface area contributed by atoms with Crippen molar-refractivity contribution >= 4 is 5.69 Å². The molecule has 2 heterocycles.